The van der Waals surface area contributed by atoms with Crippen molar-refractivity contribution in [1.29, 1.82) is 0 Å². The van der Waals surface area contributed by atoms with Gasteiger partial charge in [-0.05, 0) is 30.7 Å². The molecular weight excluding hydrogens is 296 g/mol. The Hall–Kier alpha value is -1.24. The summed E-state index contributed by atoms with van der Waals surface area (Å²) in [4.78, 5) is 0. The SMILES string of the molecule is Cn1c(CN)nnc1SCCCOc1ccc(Cl)cc1. The van der Waals surface area contributed by atoms with E-state index in [-0.39, 0.29) is 0 Å². The van der Waals surface area contributed by atoms with Crippen LogP contribution < -0.4 is 10.5 Å². The van der Waals surface area contributed by atoms with E-state index < -0.39 is 0 Å². The van der Waals surface area contributed by atoms with Crippen molar-refractivity contribution < 1.29 is 4.74 Å². The zero-order valence-corrected chi connectivity index (χ0v) is 12.8. The fraction of sp³-hybridized carbons (Fsp3) is 0.385. The van der Waals surface area contributed by atoms with Crippen LogP contribution in [0.2, 0.25) is 5.02 Å². The van der Waals surface area contributed by atoms with Crippen LogP contribution in [0.1, 0.15) is 12.2 Å². The van der Waals surface area contributed by atoms with E-state index in [1.807, 2.05) is 35.9 Å². The molecule has 1 heterocycles. The highest BCUT2D eigenvalue weighted by atomic mass is 35.5. The van der Waals surface area contributed by atoms with Crippen LogP contribution >= 0.6 is 23.4 Å². The van der Waals surface area contributed by atoms with Gasteiger partial charge in [0.1, 0.15) is 11.6 Å². The topological polar surface area (TPSA) is 66.0 Å². The van der Waals surface area contributed by atoms with E-state index >= 15 is 0 Å². The van der Waals surface area contributed by atoms with Gasteiger partial charge in [-0.3, -0.25) is 0 Å². The van der Waals surface area contributed by atoms with E-state index in [1.165, 1.54) is 0 Å². The number of benzene rings is 1. The predicted molar refractivity (Wildman–Crippen MR) is 81.2 cm³/mol. The summed E-state index contributed by atoms with van der Waals surface area (Å²) in [6, 6.07) is 7.37. The van der Waals surface area contributed by atoms with Gasteiger partial charge in [0.25, 0.3) is 0 Å². The molecule has 0 atom stereocenters. The van der Waals surface area contributed by atoms with Crippen molar-refractivity contribution >= 4 is 23.4 Å². The number of thioether (sulfide) groups is 1. The first-order valence-electron chi connectivity index (χ1n) is 6.30. The van der Waals surface area contributed by atoms with Gasteiger partial charge in [0.15, 0.2) is 5.16 Å². The summed E-state index contributed by atoms with van der Waals surface area (Å²) < 4.78 is 7.54. The van der Waals surface area contributed by atoms with Crippen molar-refractivity contribution in [3.63, 3.8) is 0 Å². The van der Waals surface area contributed by atoms with E-state index in [1.54, 1.807) is 11.8 Å². The van der Waals surface area contributed by atoms with Crippen molar-refractivity contribution in [2.24, 2.45) is 12.8 Å². The quantitative estimate of drug-likeness (QED) is 0.628. The Labute approximate surface area is 127 Å². The standard InChI is InChI=1S/C13H17ClN4OS/c1-18-12(9-15)16-17-13(18)20-8-2-7-19-11-5-3-10(14)4-6-11/h3-6H,2,7-9,15H2,1H3. The van der Waals surface area contributed by atoms with E-state index in [0.29, 0.717) is 18.2 Å². The van der Waals surface area contributed by atoms with Gasteiger partial charge in [-0.25, -0.2) is 0 Å². The molecule has 7 heteroatoms. The van der Waals surface area contributed by atoms with Gasteiger partial charge in [0.2, 0.25) is 0 Å². The Morgan fingerprint density at radius 1 is 1.30 bits per heavy atom. The number of ether oxygens (including phenoxy) is 1. The van der Waals surface area contributed by atoms with Crippen LogP contribution in [0, 0.1) is 0 Å². The van der Waals surface area contributed by atoms with Gasteiger partial charge in [-0.1, -0.05) is 23.4 Å². The Kier molecular flexibility index (Phi) is 5.70. The minimum absolute atomic E-state index is 0.406. The fourth-order valence-corrected chi connectivity index (χ4v) is 2.56. The molecule has 0 amide bonds. The third kappa shape index (κ3) is 4.13. The molecule has 0 saturated heterocycles. The average molecular weight is 313 g/mol. The number of rotatable bonds is 7. The highest BCUT2D eigenvalue weighted by Crippen LogP contribution is 2.18. The molecule has 0 aliphatic carbocycles. The molecule has 0 saturated carbocycles. The zero-order valence-electron chi connectivity index (χ0n) is 11.3. The van der Waals surface area contributed by atoms with Gasteiger partial charge < -0.3 is 15.0 Å². The largest absolute Gasteiger partial charge is 0.494 e. The maximum absolute atomic E-state index is 5.81. The lowest BCUT2D eigenvalue weighted by Gasteiger charge is -2.06. The predicted octanol–water partition coefficient (Wildman–Crippen LogP) is 2.49. The van der Waals surface area contributed by atoms with E-state index in [4.69, 9.17) is 22.1 Å². The molecule has 0 bridgehead atoms. The van der Waals surface area contributed by atoms with Crippen molar-refractivity contribution in [2.75, 3.05) is 12.4 Å². The summed E-state index contributed by atoms with van der Waals surface area (Å²) in [5.74, 6) is 2.55. The maximum Gasteiger partial charge on any atom is 0.190 e. The molecule has 0 radical (unpaired) electrons. The first-order chi connectivity index (χ1) is 9.70. The molecule has 2 rings (SSSR count). The second kappa shape index (κ2) is 7.52. The van der Waals surface area contributed by atoms with Crippen molar-refractivity contribution in [3.8, 4) is 5.75 Å². The van der Waals surface area contributed by atoms with Crippen molar-refractivity contribution in [2.45, 2.75) is 18.1 Å². The van der Waals surface area contributed by atoms with Crippen LogP contribution in [0.4, 0.5) is 0 Å². The Morgan fingerprint density at radius 2 is 2.05 bits per heavy atom. The van der Waals surface area contributed by atoms with Crippen LogP contribution in [0.25, 0.3) is 0 Å². The maximum atomic E-state index is 5.81. The smallest absolute Gasteiger partial charge is 0.190 e. The van der Waals surface area contributed by atoms with E-state index in [0.717, 1.165) is 28.9 Å². The lowest BCUT2D eigenvalue weighted by molar-refractivity contribution is 0.318. The van der Waals surface area contributed by atoms with Crippen LogP contribution in [0.5, 0.6) is 5.75 Å². The summed E-state index contributed by atoms with van der Waals surface area (Å²) >= 11 is 7.46. The second-order valence-corrected chi connectivity index (χ2v) is 5.66. The number of aromatic nitrogens is 3. The fourth-order valence-electron chi connectivity index (χ4n) is 1.59. The number of halogens is 1. The van der Waals surface area contributed by atoms with Gasteiger partial charge >= 0.3 is 0 Å². The molecule has 0 aliphatic heterocycles. The first kappa shape index (κ1) is 15.2. The van der Waals surface area contributed by atoms with Gasteiger partial charge in [-0.15, -0.1) is 10.2 Å². The minimum Gasteiger partial charge on any atom is -0.494 e. The number of nitrogens with two attached hydrogens (primary N) is 1. The van der Waals surface area contributed by atoms with Crippen LogP contribution in [0.15, 0.2) is 29.4 Å². The summed E-state index contributed by atoms with van der Waals surface area (Å²) in [5, 5.41) is 9.70. The van der Waals surface area contributed by atoms with E-state index in [2.05, 4.69) is 10.2 Å². The molecular formula is C13H17ClN4OS. The average Bonchev–Trinajstić information content (AvgIpc) is 2.81. The molecule has 0 aliphatic rings. The van der Waals surface area contributed by atoms with Crippen LogP contribution in [-0.4, -0.2) is 27.1 Å². The number of nitrogens with zero attached hydrogens (tertiary/aromatic N) is 3. The number of hydrogen-bond acceptors (Lipinski definition) is 5. The third-order valence-electron chi connectivity index (χ3n) is 2.71. The highest BCUT2D eigenvalue weighted by molar-refractivity contribution is 7.99. The molecule has 0 unspecified atom stereocenters. The molecule has 1 aromatic carbocycles. The molecule has 108 valence electrons. The van der Waals surface area contributed by atoms with Crippen LogP contribution in [-0.2, 0) is 13.6 Å². The lowest BCUT2D eigenvalue weighted by atomic mass is 10.3. The lowest BCUT2D eigenvalue weighted by Crippen LogP contribution is -2.05. The minimum atomic E-state index is 0.406. The Bertz CT molecular complexity index is 544. The van der Waals surface area contributed by atoms with Crippen molar-refractivity contribution in [1.82, 2.24) is 14.8 Å². The Morgan fingerprint density at radius 3 is 2.70 bits per heavy atom. The normalized spacial score (nSPS) is 10.8. The van der Waals surface area contributed by atoms with Gasteiger partial charge in [0, 0.05) is 17.8 Å². The summed E-state index contributed by atoms with van der Waals surface area (Å²) in [6.07, 6.45) is 0.929. The van der Waals surface area contributed by atoms with Crippen molar-refractivity contribution in [3.05, 3.63) is 35.1 Å². The molecule has 20 heavy (non-hydrogen) atoms. The third-order valence-corrected chi connectivity index (χ3v) is 4.07. The van der Waals surface area contributed by atoms with Crippen LogP contribution in [0.3, 0.4) is 0 Å². The molecule has 5 nitrogen and oxygen atoms in total. The first-order valence-corrected chi connectivity index (χ1v) is 7.66. The summed E-state index contributed by atoms with van der Waals surface area (Å²) in [5.41, 5.74) is 5.55. The van der Waals surface area contributed by atoms with Gasteiger partial charge in [0.05, 0.1) is 13.2 Å². The molecule has 0 fully saturated rings. The molecule has 2 aromatic rings. The number of hydrogen-bond donors (Lipinski definition) is 1. The molecule has 1 aromatic heterocycles. The monoisotopic (exact) mass is 312 g/mol. The van der Waals surface area contributed by atoms with E-state index in [9.17, 15) is 0 Å². The second-order valence-electron chi connectivity index (χ2n) is 4.17. The van der Waals surface area contributed by atoms with Gasteiger partial charge in [-0.2, -0.15) is 0 Å². The summed E-state index contributed by atoms with van der Waals surface area (Å²) in [7, 11) is 1.93. The zero-order chi connectivity index (χ0) is 14.4. The summed E-state index contributed by atoms with van der Waals surface area (Å²) in [6.45, 7) is 1.07. The molecule has 0 spiro atoms. The molecule has 2 N–H and O–H groups in total. The highest BCUT2D eigenvalue weighted by Gasteiger charge is 2.07. The Balaban J connectivity index is 1.68.